The highest BCUT2D eigenvalue weighted by Crippen LogP contribution is 2.34. The van der Waals surface area contributed by atoms with Crippen molar-refractivity contribution in [2.24, 2.45) is 0 Å². The van der Waals surface area contributed by atoms with Crippen LogP contribution in [0.4, 0.5) is 21.8 Å². The fourth-order valence-corrected chi connectivity index (χ4v) is 6.67. The summed E-state index contributed by atoms with van der Waals surface area (Å²) in [5.74, 6) is 1.54. The van der Waals surface area contributed by atoms with Gasteiger partial charge in [0.15, 0.2) is 15.9 Å². The first kappa shape index (κ1) is 27.9. The van der Waals surface area contributed by atoms with Crippen molar-refractivity contribution in [3.05, 3.63) is 33.1 Å². The Bertz CT molecular complexity index is 1350. The fourth-order valence-electron chi connectivity index (χ4n) is 4.16. The minimum atomic E-state index is -0.315. The molecule has 0 amide bonds. The number of H-pyrrole nitrogens is 1. The minimum Gasteiger partial charge on any atom is -0.361 e. The molecule has 2 N–H and O–H groups in total. The van der Waals surface area contributed by atoms with E-state index in [9.17, 15) is 10.1 Å². The number of aromatic amines is 1. The summed E-state index contributed by atoms with van der Waals surface area (Å²) < 4.78 is 2.67. The van der Waals surface area contributed by atoms with Gasteiger partial charge in [0.05, 0.1) is 6.20 Å². The molecule has 2 fully saturated rings. The summed E-state index contributed by atoms with van der Waals surface area (Å²) >= 11 is 4.18. The number of piperazine rings is 1. The molecule has 0 unspecified atom stereocenters. The van der Waals surface area contributed by atoms with E-state index in [2.05, 4.69) is 42.5 Å². The van der Waals surface area contributed by atoms with Crippen LogP contribution in [0.15, 0.2) is 22.2 Å². The first-order valence-corrected chi connectivity index (χ1v) is 15.0. The van der Waals surface area contributed by atoms with Gasteiger partial charge in [-0.3, -0.25) is 9.17 Å². The van der Waals surface area contributed by atoms with Crippen molar-refractivity contribution in [3.8, 4) is 12.1 Å². The van der Waals surface area contributed by atoms with Gasteiger partial charge in [-0.1, -0.05) is 36.9 Å². The van der Waals surface area contributed by atoms with Gasteiger partial charge in [-0.05, 0) is 31.4 Å². The number of hydrogen-bond acceptors (Lipinski definition) is 13. The molecule has 2 aliphatic heterocycles. The molecule has 2 aliphatic rings. The number of thioether (sulfide) groups is 1. The second-order valence-electron chi connectivity index (χ2n) is 8.58. The summed E-state index contributed by atoms with van der Waals surface area (Å²) in [7, 11) is 2.12. The molecule has 0 spiro atoms. The van der Waals surface area contributed by atoms with Gasteiger partial charge in [0, 0.05) is 50.6 Å². The van der Waals surface area contributed by atoms with Crippen LogP contribution in [0.5, 0.6) is 0 Å². The normalized spacial score (nSPS) is 16.3. The van der Waals surface area contributed by atoms with Gasteiger partial charge in [0.1, 0.15) is 33.7 Å². The molecule has 0 atom stereocenters. The summed E-state index contributed by atoms with van der Waals surface area (Å²) in [5.41, 5.74) is -0.114. The Balaban J connectivity index is 0.00000164. The smallest absolute Gasteiger partial charge is 0.278 e. The molecule has 0 aliphatic carbocycles. The quantitative estimate of drug-likeness (QED) is 0.419. The van der Waals surface area contributed by atoms with Crippen LogP contribution in [0.2, 0.25) is 0 Å². The third kappa shape index (κ3) is 6.63. The van der Waals surface area contributed by atoms with E-state index < -0.39 is 0 Å². The molecule has 38 heavy (non-hydrogen) atoms. The zero-order valence-corrected chi connectivity index (χ0v) is 24.0. The van der Waals surface area contributed by atoms with Crippen molar-refractivity contribution < 1.29 is 0 Å². The summed E-state index contributed by atoms with van der Waals surface area (Å²) in [6, 6.07) is 6.09. The number of nitrogens with zero attached hydrogens (tertiary/aromatic N) is 8. The zero-order chi connectivity index (χ0) is 27.1. The average Bonchev–Trinajstić information content (AvgIpc) is 3.56. The van der Waals surface area contributed by atoms with Gasteiger partial charge >= 0.3 is 0 Å². The Hall–Kier alpha value is -3.17. The number of thiazole rings is 1. The first-order valence-electron chi connectivity index (χ1n) is 12.5. The highest BCUT2D eigenvalue weighted by Gasteiger charge is 2.26. The van der Waals surface area contributed by atoms with Gasteiger partial charge in [0.25, 0.3) is 5.56 Å². The van der Waals surface area contributed by atoms with Crippen LogP contribution in [0.25, 0.3) is 0 Å². The lowest BCUT2D eigenvalue weighted by atomic mass is 10.1. The number of hydrogen-bond donors (Lipinski definition) is 2. The maximum Gasteiger partial charge on any atom is 0.278 e. The summed E-state index contributed by atoms with van der Waals surface area (Å²) in [5, 5.41) is 24.1. The van der Waals surface area contributed by atoms with Crippen LogP contribution in [0, 0.1) is 22.7 Å². The molecule has 0 saturated carbocycles. The van der Waals surface area contributed by atoms with E-state index in [-0.39, 0.29) is 11.1 Å². The topological polar surface area (TPSA) is 141 Å². The van der Waals surface area contributed by atoms with Crippen molar-refractivity contribution in [1.29, 1.82) is 10.5 Å². The maximum atomic E-state index is 11.8. The molecule has 2 saturated heterocycles. The van der Waals surface area contributed by atoms with Crippen molar-refractivity contribution >= 4 is 56.4 Å². The van der Waals surface area contributed by atoms with Gasteiger partial charge in [0.2, 0.25) is 0 Å². The summed E-state index contributed by atoms with van der Waals surface area (Å²) in [4.78, 5) is 33.0. The van der Waals surface area contributed by atoms with Crippen LogP contribution in [-0.4, -0.2) is 75.8 Å². The van der Waals surface area contributed by atoms with Crippen molar-refractivity contribution in [3.63, 3.8) is 0 Å². The second-order valence-corrected chi connectivity index (χ2v) is 11.7. The summed E-state index contributed by atoms with van der Waals surface area (Å²) in [6.45, 7) is 9.26. The fraction of sp³-hybridized carbons (Fsp3) is 0.500. The van der Waals surface area contributed by atoms with E-state index >= 15 is 0 Å². The van der Waals surface area contributed by atoms with Crippen molar-refractivity contribution in [1.82, 2.24) is 24.2 Å². The molecule has 0 aromatic carbocycles. The molecule has 200 valence electrons. The Morgan fingerprint density at radius 2 is 1.82 bits per heavy atom. The van der Waals surface area contributed by atoms with E-state index in [1.165, 1.54) is 22.9 Å². The molecule has 0 radical (unpaired) electrons. The molecule has 5 heterocycles. The number of rotatable bonds is 6. The largest absolute Gasteiger partial charge is 0.361 e. The lowest BCUT2D eigenvalue weighted by Gasteiger charge is -2.34. The monoisotopic (exact) mass is 570 g/mol. The SMILES string of the molecule is CC.CN1CCN(c2cc(Nc3ncc(C#N)s3)nc(SC3CCN(c4s[nH]c(=O)c4C#N)CC3)n2)CC1. The predicted octanol–water partition coefficient (Wildman–Crippen LogP) is 3.71. The van der Waals surface area contributed by atoms with E-state index in [1.807, 2.05) is 26.0 Å². The number of anilines is 4. The predicted molar refractivity (Wildman–Crippen MR) is 154 cm³/mol. The van der Waals surface area contributed by atoms with Gasteiger partial charge < -0.3 is 20.0 Å². The highest BCUT2D eigenvalue weighted by atomic mass is 32.2. The van der Waals surface area contributed by atoms with Crippen molar-refractivity contribution in [2.45, 2.75) is 37.1 Å². The van der Waals surface area contributed by atoms with E-state index in [0.29, 0.717) is 26.2 Å². The summed E-state index contributed by atoms with van der Waals surface area (Å²) in [6.07, 6.45) is 3.34. The molecule has 5 rings (SSSR count). The van der Waals surface area contributed by atoms with Crippen LogP contribution in [-0.2, 0) is 0 Å². The molecule has 14 heteroatoms. The molecule has 11 nitrogen and oxygen atoms in total. The van der Waals surface area contributed by atoms with Crippen molar-refractivity contribution in [2.75, 3.05) is 61.4 Å². The molecular formula is C24H30N10OS3. The maximum absolute atomic E-state index is 11.8. The number of likely N-dealkylation sites (N-methyl/N-ethyl adjacent to an activating group) is 1. The zero-order valence-electron chi connectivity index (χ0n) is 21.6. The Kier molecular flexibility index (Phi) is 9.58. The molecule has 3 aromatic heterocycles. The molecule has 3 aromatic rings. The number of nitrogens with one attached hydrogen (secondary N) is 2. The Morgan fingerprint density at radius 1 is 1.08 bits per heavy atom. The number of nitriles is 2. The molecular weight excluding hydrogens is 541 g/mol. The van der Waals surface area contributed by atoms with Crippen LogP contribution in [0.3, 0.4) is 0 Å². The third-order valence-electron chi connectivity index (χ3n) is 6.16. The third-order valence-corrected chi connectivity index (χ3v) is 9.12. The minimum absolute atomic E-state index is 0.201. The van der Waals surface area contributed by atoms with Crippen LogP contribution in [0.1, 0.15) is 37.1 Å². The first-order chi connectivity index (χ1) is 18.5. The lowest BCUT2D eigenvalue weighted by Crippen LogP contribution is -2.44. The van der Waals surface area contributed by atoms with Gasteiger partial charge in [-0.25, -0.2) is 15.0 Å². The second kappa shape index (κ2) is 13.1. The van der Waals surface area contributed by atoms with E-state index in [0.717, 1.165) is 62.9 Å². The van der Waals surface area contributed by atoms with Crippen LogP contribution >= 0.6 is 34.6 Å². The van der Waals surface area contributed by atoms with Crippen LogP contribution < -0.4 is 20.7 Å². The van der Waals surface area contributed by atoms with Gasteiger partial charge in [-0.2, -0.15) is 10.5 Å². The lowest BCUT2D eigenvalue weighted by molar-refractivity contribution is 0.312. The standard InChI is InChI=1S/C22H24N10OS3.C2H6/c1-30-6-8-31(9-7-30)18-10-17(26-21-25-13-15(11-23)35-21)27-22(28-18)34-14-2-4-32(5-3-14)20-16(12-24)19(33)29-36-20;1-2/h10,13-14H,2-9H2,1H3,(H,29,33)(H,25,26,27,28);1-2H3. The van der Waals surface area contributed by atoms with E-state index in [1.54, 1.807) is 18.0 Å². The Morgan fingerprint density at radius 3 is 2.47 bits per heavy atom. The molecule has 0 bridgehead atoms. The van der Waals surface area contributed by atoms with E-state index in [4.69, 9.17) is 15.2 Å². The number of aromatic nitrogens is 4. The number of piperidine rings is 1. The average molecular weight is 571 g/mol. The Labute approximate surface area is 234 Å². The van der Waals surface area contributed by atoms with Gasteiger partial charge in [-0.15, -0.1) is 0 Å². The highest BCUT2D eigenvalue weighted by molar-refractivity contribution is 7.99.